The van der Waals surface area contributed by atoms with Crippen molar-refractivity contribution < 1.29 is 85.0 Å². The van der Waals surface area contributed by atoms with Crippen molar-refractivity contribution in [2.75, 3.05) is 111 Å². The van der Waals surface area contributed by atoms with Gasteiger partial charge in [0.1, 0.15) is 13.1 Å². The van der Waals surface area contributed by atoms with Crippen LogP contribution in [0.1, 0.15) is 65.5 Å². The molecule has 11 rings (SSSR count). The molecule has 0 unspecified atom stereocenters. The van der Waals surface area contributed by atoms with Crippen LogP contribution in [0.15, 0.2) is 143 Å². The Morgan fingerprint density at radius 3 is 1.29 bits per heavy atom. The van der Waals surface area contributed by atoms with Crippen LogP contribution in [0, 0.1) is 20.2 Å². The molecule has 0 bridgehead atoms. The van der Waals surface area contributed by atoms with Gasteiger partial charge < -0.3 is 51.2 Å². The van der Waals surface area contributed by atoms with Gasteiger partial charge in [-0.2, -0.15) is 15.3 Å². The van der Waals surface area contributed by atoms with Crippen LogP contribution in [0.25, 0.3) is 0 Å². The average Bonchev–Trinajstić information content (AvgIpc) is 1.71. The van der Waals surface area contributed by atoms with E-state index in [0.29, 0.717) is 122 Å². The zero-order valence-electron chi connectivity index (χ0n) is 59.7. The minimum atomic E-state index is -2.24. The maximum absolute atomic E-state index is 12.8. The summed E-state index contributed by atoms with van der Waals surface area (Å²) in [5.74, 6) is -0.592. The number of nitro benzene ring substituents is 2. The molecule has 614 valence electrons. The number of nitro groups is 2. The fraction of sp³-hybridized carbons (Fsp3) is 0.371. The third-order valence-corrected chi connectivity index (χ3v) is 17.9. The fourth-order valence-electron chi connectivity index (χ4n) is 10.6. The number of hydrogen-bond donors (Lipinski definition) is 4. The van der Waals surface area contributed by atoms with Gasteiger partial charge in [-0.15, -0.1) is 0 Å². The molecule has 6 aromatic carbocycles. The number of hydrazone groups is 3. The van der Waals surface area contributed by atoms with E-state index in [9.17, 15) is 44.2 Å². The zero-order chi connectivity index (χ0) is 82.5. The van der Waals surface area contributed by atoms with E-state index >= 15 is 0 Å². The van der Waals surface area contributed by atoms with Gasteiger partial charge in [-0.3, -0.25) is 44.8 Å². The number of carbonyl (C=O) groups excluding carboxylic acids is 5. The van der Waals surface area contributed by atoms with Crippen LogP contribution in [0.2, 0.25) is 30.1 Å². The van der Waals surface area contributed by atoms with Crippen LogP contribution in [0.3, 0.4) is 0 Å². The van der Waals surface area contributed by atoms with Gasteiger partial charge in [-0.05, 0) is 159 Å². The topological polar surface area (TPSA) is 325 Å². The molecule has 5 aliphatic heterocycles. The molecule has 2 fully saturated rings. The van der Waals surface area contributed by atoms with E-state index in [2.05, 4.69) is 35.0 Å². The number of alkyl halides is 6. The summed E-state index contributed by atoms with van der Waals surface area (Å²) in [7, 11) is 10.9. The average molecular weight is 1980 g/mol. The van der Waals surface area contributed by atoms with Crippen LogP contribution < -0.4 is 22.6 Å². The quantitative estimate of drug-likeness (QED) is 0.0146. The van der Waals surface area contributed by atoms with Crippen molar-refractivity contribution >= 4 is 240 Å². The maximum atomic E-state index is 12.8. The Kier molecular flexibility index (Phi) is 46.8. The van der Waals surface area contributed by atoms with Crippen molar-refractivity contribution in [1.82, 2.24) is 19.9 Å². The second kappa shape index (κ2) is 52.7. The Labute approximate surface area is 735 Å². The van der Waals surface area contributed by atoms with Crippen molar-refractivity contribution in [3.05, 3.63) is 211 Å². The summed E-state index contributed by atoms with van der Waals surface area (Å²) < 4.78 is 19.3. The van der Waals surface area contributed by atoms with Crippen molar-refractivity contribution in [2.45, 2.75) is 59.3 Å². The molecule has 43 heteroatoms. The first kappa shape index (κ1) is 100. The van der Waals surface area contributed by atoms with Crippen molar-refractivity contribution in [3.63, 3.8) is 0 Å². The van der Waals surface area contributed by atoms with E-state index in [1.807, 2.05) is 6.07 Å². The van der Waals surface area contributed by atoms with Crippen molar-refractivity contribution in [2.24, 2.45) is 15.3 Å². The van der Waals surface area contributed by atoms with Crippen LogP contribution in [-0.4, -0.2) is 220 Å². The summed E-state index contributed by atoms with van der Waals surface area (Å²) in [6, 6.07) is 34.6. The molecule has 6 aromatic rings. The van der Waals surface area contributed by atoms with Crippen molar-refractivity contribution in [1.29, 1.82) is 0 Å². The van der Waals surface area contributed by atoms with Gasteiger partial charge in [0, 0.05) is 136 Å². The number of halogens is 15. The molecule has 2 radical (unpaired) electrons. The number of amides is 4. The molecule has 4 amide bonds. The van der Waals surface area contributed by atoms with Gasteiger partial charge in [-0.1, -0.05) is 106 Å². The van der Waals surface area contributed by atoms with E-state index in [0.717, 1.165) is 102 Å². The number of aliphatic hydroxyl groups excluding tert-OH is 2. The van der Waals surface area contributed by atoms with Crippen LogP contribution in [0.4, 0.5) is 26.7 Å². The summed E-state index contributed by atoms with van der Waals surface area (Å²) >= 11 is 66.1. The first-order valence-corrected chi connectivity index (χ1v) is 45.3. The third kappa shape index (κ3) is 38.1. The molecule has 0 aromatic heterocycles. The third-order valence-electron chi connectivity index (χ3n) is 15.7. The summed E-state index contributed by atoms with van der Waals surface area (Å²) in [4.78, 5) is 84.8. The molecule has 4 N–H and O–H groups in total. The number of aliphatic hydroxyl groups is 2. The van der Waals surface area contributed by atoms with Gasteiger partial charge in [0.15, 0.2) is 0 Å². The summed E-state index contributed by atoms with van der Waals surface area (Å²) in [5.41, 5.74) is 6.70. The van der Waals surface area contributed by atoms with E-state index < -0.39 is 48.9 Å². The second-order valence-corrected chi connectivity index (χ2v) is 34.7. The van der Waals surface area contributed by atoms with E-state index in [1.165, 1.54) is 44.2 Å². The van der Waals surface area contributed by atoms with Gasteiger partial charge in [0.25, 0.3) is 11.4 Å². The van der Waals surface area contributed by atoms with Gasteiger partial charge >= 0.3 is 56.9 Å². The molecule has 0 saturated carbocycles. The molecule has 113 heavy (non-hydrogen) atoms. The number of quaternary nitrogens is 1. The zero-order valence-corrected chi connectivity index (χ0v) is 73.9. The Balaban J connectivity index is 0.000000309. The molecule has 5 aliphatic rings. The second-order valence-electron chi connectivity index (χ2n) is 23.6. The fourth-order valence-corrected chi connectivity index (χ4v) is 12.2. The minimum absolute atomic E-state index is 0. The first-order valence-electron chi connectivity index (χ1n) is 33.6. The number of rotatable bonds is 19. The molecule has 0 atom stereocenters. The Morgan fingerprint density at radius 2 is 0.920 bits per heavy atom. The number of ether oxygens (including phenoxy) is 5. The number of nitrogens with one attached hydrogen (secondary N) is 2. The monoisotopic (exact) mass is 1970 g/mol. The Bertz CT molecular complexity index is 4060. The van der Waals surface area contributed by atoms with E-state index in [4.69, 9.17) is 181 Å². The van der Waals surface area contributed by atoms with Gasteiger partial charge in [0.05, 0.1) is 105 Å². The standard InChI is InChI=1S/C25H28Cl2N4O4.2C17H13Cl2N3O3.C7H15NO2.C3Cl6O3.CH4O.3ClH.Sn/c26-19-5-6-22(27)21(17-19)23-7-9-31(29-23)24(32)16-18-3-1-4-20(15-18)28-25(33)35-12-2-8-30-10-13-34-14-11-30;2*18-12-4-5-15(19)14(10-12)16-6-7-21(20-16)17(23)9-11-2-1-3-13(8-11)22(24)25;9-5-1-2-8-3-6-10-7-4-8;4-2(5,6)11-1(10)12-3(7,8)9;1-2;;;;/h1,3-6,15,17H,2,7-14,16H2,(H,28,33);2*1-5,8,10H,6-7,9H2;9H,1-7H2;;2H,1H3;3*1H;/q;;;;;;;;;+2/p-2. The Hall–Kier alpha value is -5.01. The molecule has 2 saturated heterocycles. The number of morpholine rings is 2. The normalized spacial score (nSPS) is 14.5. The SMILES string of the molecule is CO.O=C(Cc1cccc([N+](=O)[O-])c1)N1CCC(c2cc(Cl)ccc2Cl)=N1.O=C(Cc1cccc([N+](=O)[O-])c1)N1CCC(c2cc(Cl)ccc2Cl)=N1.O=C(Nc1cccc(CC(=O)N2CCC(c3cc(Cl)ccc3Cl)=N2)c1)OCCC[NH+]1CCOCC1.O=C(OC(Cl)(Cl)Cl)OC(Cl)(Cl)Cl.OCCCN1CCOCC1.[Cl-].[Cl][Sn][Cl]. The predicted molar refractivity (Wildman–Crippen MR) is 440 cm³/mol. The molecular weight excluding hydrogens is 1900 g/mol. The first-order chi connectivity index (χ1) is 53.3. The number of carbonyl (C=O) groups is 5. The van der Waals surface area contributed by atoms with E-state index in [1.54, 1.807) is 97.1 Å². The number of nitrogens with zero attached hydrogens (tertiary/aromatic N) is 9. The predicted octanol–water partition coefficient (Wildman–Crippen LogP) is 12.3. The number of anilines is 1. The summed E-state index contributed by atoms with van der Waals surface area (Å²) in [5, 5.41) is 60.5. The molecule has 0 spiro atoms. The van der Waals surface area contributed by atoms with Gasteiger partial charge in [-0.25, -0.2) is 24.6 Å². The molecule has 0 aliphatic carbocycles. The number of benzene rings is 6. The molecular formula is C70H74Cl15N11O16Sn. The Morgan fingerprint density at radius 1 is 0.549 bits per heavy atom. The van der Waals surface area contributed by atoms with Crippen LogP contribution in [0.5, 0.6) is 0 Å². The summed E-state index contributed by atoms with van der Waals surface area (Å²) in [6.07, 6.45) is 1.77. The molecule has 5 heterocycles. The van der Waals surface area contributed by atoms with Crippen LogP contribution >= 0.6 is 157 Å². The summed E-state index contributed by atoms with van der Waals surface area (Å²) in [6.45, 7) is 11.3. The number of hydrogen-bond acceptors (Lipinski definition) is 20. The molecule has 27 nitrogen and oxygen atoms in total. The van der Waals surface area contributed by atoms with E-state index in [-0.39, 0.29) is 60.8 Å². The van der Waals surface area contributed by atoms with Crippen molar-refractivity contribution in [3.8, 4) is 0 Å². The number of non-ortho nitro benzene ring substituents is 2. The van der Waals surface area contributed by atoms with Crippen LogP contribution in [-0.2, 0) is 57.3 Å². The van der Waals surface area contributed by atoms with Gasteiger partial charge in [0.2, 0.25) is 17.7 Å².